The number of carbonyl (C=O) groups is 1. The van der Waals surface area contributed by atoms with Gasteiger partial charge in [-0.25, -0.2) is 4.98 Å². The van der Waals surface area contributed by atoms with Crippen molar-refractivity contribution in [1.82, 2.24) is 19.7 Å². The van der Waals surface area contributed by atoms with E-state index >= 15 is 0 Å². The summed E-state index contributed by atoms with van der Waals surface area (Å²) in [6.45, 7) is 1.54. The summed E-state index contributed by atoms with van der Waals surface area (Å²) in [5.74, 6) is 0.146. The van der Waals surface area contributed by atoms with Gasteiger partial charge in [0.15, 0.2) is 0 Å². The third kappa shape index (κ3) is 4.48. The summed E-state index contributed by atoms with van der Waals surface area (Å²) >= 11 is 1.55. The van der Waals surface area contributed by atoms with Crippen LogP contribution in [-0.2, 0) is 17.6 Å². The first-order chi connectivity index (χ1) is 13.7. The summed E-state index contributed by atoms with van der Waals surface area (Å²) in [5.41, 5.74) is 8.34. The number of rotatable bonds is 6. The van der Waals surface area contributed by atoms with Gasteiger partial charge in [0.05, 0.1) is 24.2 Å². The number of aromatic nitrogens is 3. The molecular weight excluding hydrogens is 370 g/mol. The molecule has 0 aliphatic carbocycles. The lowest BCUT2D eigenvalue weighted by Crippen LogP contribution is -2.40. The molecule has 6 nitrogen and oxygen atoms in total. The Morgan fingerprint density at radius 2 is 2.00 bits per heavy atom. The molecule has 7 heteroatoms. The Kier molecular flexibility index (Phi) is 5.83. The highest BCUT2D eigenvalue weighted by Crippen LogP contribution is 2.23. The maximum atomic E-state index is 12.7. The predicted octanol–water partition coefficient (Wildman–Crippen LogP) is 2.99. The highest BCUT2D eigenvalue weighted by Gasteiger charge is 2.24. The topological polar surface area (TPSA) is 77.0 Å². The number of hydrogen-bond donors (Lipinski definition) is 1. The first-order valence-electron chi connectivity index (χ1n) is 9.70. The van der Waals surface area contributed by atoms with Crippen LogP contribution < -0.4 is 5.73 Å². The van der Waals surface area contributed by atoms with Crippen LogP contribution in [-0.4, -0.2) is 38.7 Å². The average Bonchev–Trinajstić information content (AvgIpc) is 3.41. The molecule has 1 atom stereocenters. The van der Waals surface area contributed by atoms with E-state index in [0.29, 0.717) is 12.5 Å². The zero-order valence-corrected chi connectivity index (χ0v) is 16.6. The van der Waals surface area contributed by atoms with Crippen LogP contribution in [0.15, 0.2) is 54.2 Å². The monoisotopic (exact) mass is 395 g/mol. The van der Waals surface area contributed by atoms with Crippen molar-refractivity contribution >= 4 is 17.2 Å². The van der Waals surface area contributed by atoms with E-state index in [2.05, 4.69) is 22.2 Å². The summed E-state index contributed by atoms with van der Waals surface area (Å²) in [4.78, 5) is 19.2. The third-order valence-corrected chi connectivity index (χ3v) is 6.26. The molecule has 1 fully saturated rings. The number of likely N-dealkylation sites (tertiary alicyclic amines) is 1. The van der Waals surface area contributed by atoms with E-state index in [1.54, 1.807) is 17.5 Å². The van der Waals surface area contributed by atoms with E-state index in [4.69, 9.17) is 5.73 Å². The fraction of sp³-hybridized carbons (Fsp3) is 0.381. The lowest BCUT2D eigenvalue weighted by atomic mass is 10.0. The Morgan fingerprint density at radius 1 is 1.21 bits per heavy atom. The van der Waals surface area contributed by atoms with Gasteiger partial charge in [0.2, 0.25) is 5.91 Å². The molecule has 0 saturated carbocycles. The van der Waals surface area contributed by atoms with E-state index in [-0.39, 0.29) is 11.9 Å². The van der Waals surface area contributed by atoms with Crippen LogP contribution in [0.25, 0.3) is 0 Å². The fourth-order valence-corrected chi connectivity index (χ4v) is 4.49. The smallest absolute Gasteiger partial charge is 0.228 e. The molecule has 146 valence electrons. The Bertz CT molecular complexity index is 885. The molecule has 0 bridgehead atoms. The van der Waals surface area contributed by atoms with Crippen LogP contribution in [0.1, 0.15) is 41.2 Å². The molecule has 1 aromatic carbocycles. The standard InChI is InChI=1S/C21H25N5OS/c22-19(13-16-5-2-1-3-6-16)21-24-17(15-28-21)14-20(27)25-11-7-18(8-12-25)26-10-4-9-23-26/h1-6,9-10,15,18-19H,7-8,11-14,22H2. The Hall–Kier alpha value is -2.51. The number of hydrogen-bond acceptors (Lipinski definition) is 5. The van der Waals surface area contributed by atoms with Gasteiger partial charge in [-0.05, 0) is 30.9 Å². The second-order valence-electron chi connectivity index (χ2n) is 7.25. The van der Waals surface area contributed by atoms with Gasteiger partial charge in [0, 0.05) is 30.9 Å². The molecule has 2 N–H and O–H groups in total. The minimum Gasteiger partial charge on any atom is -0.342 e. The third-order valence-electron chi connectivity index (χ3n) is 5.23. The normalized spacial score (nSPS) is 16.2. The number of amides is 1. The summed E-state index contributed by atoms with van der Waals surface area (Å²) < 4.78 is 2.00. The zero-order chi connectivity index (χ0) is 19.3. The van der Waals surface area contributed by atoms with Crippen molar-refractivity contribution in [3.05, 3.63) is 70.4 Å². The average molecular weight is 396 g/mol. The van der Waals surface area contributed by atoms with Gasteiger partial charge in [-0.15, -0.1) is 11.3 Å². The Balaban J connectivity index is 1.29. The van der Waals surface area contributed by atoms with Crippen molar-refractivity contribution in [1.29, 1.82) is 0 Å². The molecule has 3 heterocycles. The zero-order valence-electron chi connectivity index (χ0n) is 15.8. The van der Waals surface area contributed by atoms with Crippen molar-refractivity contribution in [2.45, 2.75) is 37.8 Å². The van der Waals surface area contributed by atoms with Crippen LogP contribution in [0.5, 0.6) is 0 Å². The fourth-order valence-electron chi connectivity index (χ4n) is 3.67. The van der Waals surface area contributed by atoms with Crippen LogP contribution in [0.3, 0.4) is 0 Å². The molecule has 28 heavy (non-hydrogen) atoms. The number of piperidine rings is 1. The van der Waals surface area contributed by atoms with Gasteiger partial charge in [0.25, 0.3) is 0 Å². The second kappa shape index (κ2) is 8.67. The highest BCUT2D eigenvalue weighted by molar-refractivity contribution is 7.09. The predicted molar refractivity (Wildman–Crippen MR) is 110 cm³/mol. The lowest BCUT2D eigenvalue weighted by Gasteiger charge is -2.32. The van der Waals surface area contributed by atoms with E-state index in [0.717, 1.165) is 43.1 Å². The lowest BCUT2D eigenvalue weighted by molar-refractivity contribution is -0.131. The van der Waals surface area contributed by atoms with Crippen LogP contribution in [0.2, 0.25) is 0 Å². The second-order valence-corrected chi connectivity index (χ2v) is 8.14. The Morgan fingerprint density at radius 3 is 2.71 bits per heavy atom. The number of nitrogens with two attached hydrogens (primary N) is 1. The molecular formula is C21H25N5OS. The van der Waals surface area contributed by atoms with Gasteiger partial charge in [-0.2, -0.15) is 5.10 Å². The molecule has 4 rings (SSSR count). The maximum Gasteiger partial charge on any atom is 0.228 e. The van der Waals surface area contributed by atoms with E-state index in [1.807, 2.05) is 45.4 Å². The van der Waals surface area contributed by atoms with E-state index < -0.39 is 0 Å². The summed E-state index contributed by atoms with van der Waals surface area (Å²) in [7, 11) is 0. The minimum absolute atomic E-state index is 0.138. The number of thiazole rings is 1. The van der Waals surface area contributed by atoms with Crippen LogP contribution >= 0.6 is 11.3 Å². The van der Waals surface area contributed by atoms with Crippen molar-refractivity contribution in [2.24, 2.45) is 5.73 Å². The molecule has 1 amide bonds. The summed E-state index contributed by atoms with van der Waals surface area (Å²) in [6.07, 6.45) is 6.79. The first kappa shape index (κ1) is 18.8. The molecule has 1 aliphatic heterocycles. The van der Waals surface area contributed by atoms with Crippen molar-refractivity contribution in [3.8, 4) is 0 Å². The van der Waals surface area contributed by atoms with Gasteiger partial charge in [0.1, 0.15) is 5.01 Å². The molecule has 0 radical (unpaired) electrons. The molecule has 1 unspecified atom stereocenters. The van der Waals surface area contributed by atoms with E-state index in [9.17, 15) is 4.79 Å². The largest absolute Gasteiger partial charge is 0.342 e. The van der Waals surface area contributed by atoms with Gasteiger partial charge in [-0.1, -0.05) is 30.3 Å². The molecule has 3 aromatic rings. The molecule has 2 aromatic heterocycles. The summed E-state index contributed by atoms with van der Waals surface area (Å²) in [6, 6.07) is 12.4. The highest BCUT2D eigenvalue weighted by atomic mass is 32.1. The van der Waals surface area contributed by atoms with Gasteiger partial charge in [-0.3, -0.25) is 9.48 Å². The number of nitrogens with zero attached hydrogens (tertiary/aromatic N) is 4. The van der Waals surface area contributed by atoms with Crippen molar-refractivity contribution < 1.29 is 4.79 Å². The van der Waals surface area contributed by atoms with Gasteiger partial charge >= 0.3 is 0 Å². The SMILES string of the molecule is NC(Cc1ccccc1)c1nc(CC(=O)N2CCC(n3cccn3)CC2)cs1. The summed E-state index contributed by atoms with van der Waals surface area (Å²) in [5, 5.41) is 7.18. The number of benzene rings is 1. The van der Waals surface area contributed by atoms with Crippen LogP contribution in [0, 0.1) is 0 Å². The maximum absolute atomic E-state index is 12.7. The first-order valence-corrected chi connectivity index (χ1v) is 10.6. The molecule has 1 aliphatic rings. The van der Waals surface area contributed by atoms with Crippen LogP contribution in [0.4, 0.5) is 0 Å². The number of carbonyl (C=O) groups excluding carboxylic acids is 1. The molecule has 1 saturated heterocycles. The van der Waals surface area contributed by atoms with Crippen molar-refractivity contribution in [2.75, 3.05) is 13.1 Å². The van der Waals surface area contributed by atoms with E-state index in [1.165, 1.54) is 5.56 Å². The molecule has 0 spiro atoms. The Labute approximate surface area is 169 Å². The van der Waals surface area contributed by atoms with Gasteiger partial charge < -0.3 is 10.6 Å². The quantitative estimate of drug-likeness (QED) is 0.696. The van der Waals surface area contributed by atoms with Crippen molar-refractivity contribution in [3.63, 3.8) is 0 Å². The minimum atomic E-state index is -0.138.